The summed E-state index contributed by atoms with van der Waals surface area (Å²) in [6, 6.07) is 21.4. The van der Waals surface area contributed by atoms with Gasteiger partial charge in [-0.05, 0) is 55.5 Å². The fraction of sp³-hybridized carbons (Fsp3) is 0.0952. The Morgan fingerprint density at radius 2 is 1.46 bits per heavy atom. The zero-order valence-corrected chi connectivity index (χ0v) is 15.9. The van der Waals surface area contributed by atoms with E-state index in [1.54, 1.807) is 36.4 Å². The first-order valence-corrected chi connectivity index (χ1v) is 9.92. The molecule has 0 aliphatic carbocycles. The number of anilines is 1. The number of hydrogen-bond donors (Lipinski definition) is 0. The fourth-order valence-electron chi connectivity index (χ4n) is 2.57. The molecule has 7 heteroatoms. The predicted molar refractivity (Wildman–Crippen MR) is 104 cm³/mol. The number of rotatable bonds is 7. The van der Waals surface area contributed by atoms with Gasteiger partial charge in [0.25, 0.3) is 10.0 Å². The highest BCUT2D eigenvalue weighted by Crippen LogP contribution is 2.28. The highest BCUT2D eigenvalue weighted by Gasteiger charge is 2.25. The predicted octanol–water partition coefficient (Wildman–Crippen LogP) is 2.73. The first-order chi connectivity index (χ1) is 13.4. The minimum Gasteiger partial charge on any atom is -0.548 e. The van der Waals surface area contributed by atoms with Gasteiger partial charge in [0.15, 0.2) is 0 Å². The molecule has 0 unspecified atom stereocenters. The van der Waals surface area contributed by atoms with Crippen LogP contribution in [0.5, 0.6) is 11.5 Å². The number of nitrogens with zero attached hydrogens (tertiary/aromatic N) is 1. The molecule has 0 heterocycles. The Morgan fingerprint density at radius 1 is 0.893 bits per heavy atom. The number of carboxylic acids is 1. The molecule has 0 N–H and O–H groups in total. The zero-order chi connectivity index (χ0) is 20.1. The van der Waals surface area contributed by atoms with Gasteiger partial charge in [-0.2, -0.15) is 0 Å². The van der Waals surface area contributed by atoms with Crippen LogP contribution in [0.25, 0.3) is 0 Å². The molecule has 0 aromatic heterocycles. The van der Waals surface area contributed by atoms with Crippen molar-refractivity contribution in [1.29, 1.82) is 0 Å². The summed E-state index contributed by atoms with van der Waals surface area (Å²) in [6.07, 6.45) is 0. The van der Waals surface area contributed by atoms with Crippen LogP contribution >= 0.6 is 0 Å². The van der Waals surface area contributed by atoms with Gasteiger partial charge in [-0.15, -0.1) is 0 Å². The molecule has 0 fully saturated rings. The van der Waals surface area contributed by atoms with Gasteiger partial charge in [-0.3, -0.25) is 4.31 Å². The molecule has 0 radical (unpaired) electrons. The van der Waals surface area contributed by atoms with E-state index in [1.807, 2.05) is 25.1 Å². The van der Waals surface area contributed by atoms with E-state index in [2.05, 4.69) is 0 Å². The first-order valence-electron chi connectivity index (χ1n) is 8.48. The number of sulfonamides is 1. The van der Waals surface area contributed by atoms with Gasteiger partial charge in [-0.25, -0.2) is 8.42 Å². The first kappa shape index (κ1) is 19.4. The van der Waals surface area contributed by atoms with Crippen LogP contribution in [0.15, 0.2) is 83.8 Å². The Morgan fingerprint density at radius 3 is 2.04 bits per heavy atom. The lowest BCUT2D eigenvalue weighted by Crippen LogP contribution is -2.41. The molecule has 3 rings (SSSR count). The lowest BCUT2D eigenvalue weighted by molar-refractivity contribution is -0.303. The molecule has 0 saturated carbocycles. The average Bonchev–Trinajstić information content (AvgIpc) is 2.68. The van der Waals surface area contributed by atoms with Crippen LogP contribution in [0.3, 0.4) is 0 Å². The van der Waals surface area contributed by atoms with Crippen LogP contribution in [0, 0.1) is 6.92 Å². The Kier molecular flexibility index (Phi) is 5.65. The Balaban J connectivity index is 1.91. The number of carbonyl (C=O) groups is 1. The van der Waals surface area contributed by atoms with Crippen molar-refractivity contribution >= 4 is 21.7 Å². The van der Waals surface area contributed by atoms with Gasteiger partial charge >= 0.3 is 0 Å². The van der Waals surface area contributed by atoms with E-state index in [-0.39, 0.29) is 10.6 Å². The molecule has 144 valence electrons. The highest BCUT2D eigenvalue weighted by atomic mass is 32.2. The quantitative estimate of drug-likeness (QED) is 0.613. The summed E-state index contributed by atoms with van der Waals surface area (Å²) < 4.78 is 32.4. The smallest absolute Gasteiger partial charge is 0.264 e. The number of benzene rings is 3. The number of para-hydroxylation sites is 1. The molecule has 0 bridgehead atoms. The minimum absolute atomic E-state index is 0.00367. The summed E-state index contributed by atoms with van der Waals surface area (Å²) in [5.41, 5.74) is 1.10. The molecule has 3 aromatic carbocycles. The molecular weight excluding hydrogens is 378 g/mol. The third-order valence-corrected chi connectivity index (χ3v) is 5.77. The van der Waals surface area contributed by atoms with E-state index < -0.39 is 22.5 Å². The van der Waals surface area contributed by atoms with Crippen LogP contribution < -0.4 is 14.1 Å². The monoisotopic (exact) mass is 396 g/mol. The van der Waals surface area contributed by atoms with Gasteiger partial charge in [0.05, 0.1) is 23.1 Å². The Hall–Kier alpha value is -3.32. The molecule has 0 saturated heterocycles. The maximum atomic E-state index is 13.0. The maximum Gasteiger partial charge on any atom is 0.264 e. The summed E-state index contributed by atoms with van der Waals surface area (Å²) in [5, 5.41) is 11.2. The molecule has 28 heavy (non-hydrogen) atoms. The molecule has 0 aliphatic rings. The topological polar surface area (TPSA) is 86.7 Å². The van der Waals surface area contributed by atoms with Crippen LogP contribution in [-0.2, 0) is 14.8 Å². The van der Waals surface area contributed by atoms with Crippen molar-refractivity contribution in [2.75, 3.05) is 10.8 Å². The average molecular weight is 396 g/mol. The van der Waals surface area contributed by atoms with Crippen molar-refractivity contribution < 1.29 is 23.1 Å². The number of aryl methyl sites for hydroxylation is 1. The molecule has 0 amide bonds. The van der Waals surface area contributed by atoms with Crippen molar-refractivity contribution in [2.24, 2.45) is 0 Å². The van der Waals surface area contributed by atoms with E-state index in [4.69, 9.17) is 4.74 Å². The molecule has 0 atom stereocenters. The lowest BCUT2D eigenvalue weighted by Gasteiger charge is -2.25. The SMILES string of the molecule is Cc1ccc(S(=O)(=O)N(CC(=O)[O-])c2ccc(Oc3ccccc3)cc2)cc1. The van der Waals surface area contributed by atoms with Gasteiger partial charge in [-0.1, -0.05) is 35.9 Å². The third-order valence-electron chi connectivity index (χ3n) is 3.99. The minimum atomic E-state index is -4.07. The summed E-state index contributed by atoms with van der Waals surface area (Å²) in [4.78, 5) is 11.2. The van der Waals surface area contributed by atoms with E-state index in [0.717, 1.165) is 9.87 Å². The van der Waals surface area contributed by atoms with Crippen LogP contribution in [0.1, 0.15) is 5.56 Å². The summed E-state index contributed by atoms with van der Waals surface area (Å²) >= 11 is 0. The van der Waals surface area contributed by atoms with Crippen molar-refractivity contribution in [3.05, 3.63) is 84.4 Å². The number of carboxylic acid groups (broad SMARTS) is 1. The van der Waals surface area contributed by atoms with Crippen molar-refractivity contribution in [3.8, 4) is 11.5 Å². The van der Waals surface area contributed by atoms with E-state index in [1.165, 1.54) is 24.3 Å². The molecule has 6 nitrogen and oxygen atoms in total. The van der Waals surface area contributed by atoms with Gasteiger partial charge < -0.3 is 14.6 Å². The standard InChI is InChI=1S/C21H19NO5S/c1-16-7-13-20(14-8-16)28(25,26)22(15-21(23)24)17-9-11-19(12-10-17)27-18-5-3-2-4-6-18/h2-14H,15H2,1H3,(H,23,24)/p-1. The lowest BCUT2D eigenvalue weighted by atomic mass is 10.2. The Bertz CT molecular complexity index is 1050. The second-order valence-electron chi connectivity index (χ2n) is 6.11. The van der Waals surface area contributed by atoms with Crippen molar-refractivity contribution in [1.82, 2.24) is 0 Å². The second kappa shape index (κ2) is 8.14. The molecule has 0 aliphatic heterocycles. The number of aliphatic carboxylic acids is 1. The summed E-state index contributed by atoms with van der Waals surface area (Å²) in [5.74, 6) is -0.370. The van der Waals surface area contributed by atoms with Crippen molar-refractivity contribution in [2.45, 2.75) is 11.8 Å². The maximum absolute atomic E-state index is 13.0. The van der Waals surface area contributed by atoms with E-state index >= 15 is 0 Å². The van der Waals surface area contributed by atoms with E-state index in [9.17, 15) is 18.3 Å². The number of carbonyl (C=O) groups excluding carboxylic acids is 1. The number of hydrogen-bond acceptors (Lipinski definition) is 5. The molecule has 3 aromatic rings. The summed E-state index contributed by atoms with van der Waals surface area (Å²) in [7, 11) is -4.07. The normalized spacial score (nSPS) is 11.0. The van der Waals surface area contributed by atoms with Crippen LogP contribution in [0.4, 0.5) is 5.69 Å². The Labute approximate surface area is 163 Å². The van der Waals surface area contributed by atoms with Gasteiger partial charge in [0.2, 0.25) is 0 Å². The van der Waals surface area contributed by atoms with Crippen molar-refractivity contribution in [3.63, 3.8) is 0 Å². The molecule has 0 spiro atoms. The van der Waals surface area contributed by atoms with Gasteiger partial charge in [0, 0.05) is 0 Å². The van der Waals surface area contributed by atoms with Crippen LogP contribution in [-0.4, -0.2) is 20.9 Å². The summed E-state index contributed by atoms with van der Waals surface area (Å²) in [6.45, 7) is 1.04. The zero-order valence-electron chi connectivity index (χ0n) is 15.1. The second-order valence-corrected chi connectivity index (χ2v) is 7.97. The highest BCUT2D eigenvalue weighted by molar-refractivity contribution is 7.92. The van der Waals surface area contributed by atoms with E-state index in [0.29, 0.717) is 11.5 Å². The third kappa shape index (κ3) is 4.50. The van der Waals surface area contributed by atoms with Gasteiger partial charge in [0.1, 0.15) is 11.5 Å². The fourth-order valence-corrected chi connectivity index (χ4v) is 3.98. The number of ether oxygens (including phenoxy) is 1. The van der Waals surface area contributed by atoms with Crippen LogP contribution in [0.2, 0.25) is 0 Å². The molecular formula is C21H18NO5S-. The largest absolute Gasteiger partial charge is 0.548 e.